The van der Waals surface area contributed by atoms with Crippen LogP contribution in [-0.4, -0.2) is 5.78 Å². The van der Waals surface area contributed by atoms with Crippen molar-refractivity contribution in [1.29, 1.82) is 0 Å². The molecular formula is C17H17Cl3O. The van der Waals surface area contributed by atoms with Crippen molar-refractivity contribution in [2.75, 3.05) is 0 Å². The van der Waals surface area contributed by atoms with Crippen molar-refractivity contribution in [1.82, 2.24) is 0 Å². The summed E-state index contributed by atoms with van der Waals surface area (Å²) >= 11 is 18.5. The Labute approximate surface area is 139 Å². The Hall–Kier alpha value is -0.240. The maximum absolute atomic E-state index is 13.1. The Morgan fingerprint density at radius 3 is 1.81 bits per heavy atom. The topological polar surface area (TPSA) is 17.1 Å². The summed E-state index contributed by atoms with van der Waals surface area (Å²) in [5, 5.41) is 1.27. The first-order valence-electron chi connectivity index (χ1n) is 7.71. The molecule has 0 amide bonds. The number of benzene rings is 1. The lowest BCUT2D eigenvalue weighted by atomic mass is 9.51. The lowest BCUT2D eigenvalue weighted by molar-refractivity contribution is -0.0251. The van der Waals surface area contributed by atoms with E-state index in [1.165, 1.54) is 32.1 Å². The van der Waals surface area contributed by atoms with Gasteiger partial charge in [0.05, 0.1) is 15.6 Å². The number of halogens is 3. The van der Waals surface area contributed by atoms with Crippen LogP contribution in [0.3, 0.4) is 0 Å². The molecule has 0 heterocycles. The fourth-order valence-electron chi connectivity index (χ4n) is 5.30. The van der Waals surface area contributed by atoms with Gasteiger partial charge in [0, 0.05) is 10.9 Å². The number of Topliss-reactive ketones (excluding diaryl/α,β-unsaturated/α-hetero) is 1. The molecule has 1 aromatic carbocycles. The van der Waals surface area contributed by atoms with Crippen molar-refractivity contribution in [3.63, 3.8) is 0 Å². The van der Waals surface area contributed by atoms with Gasteiger partial charge in [0.15, 0.2) is 5.78 Å². The highest BCUT2D eigenvalue weighted by molar-refractivity contribution is 6.42. The summed E-state index contributed by atoms with van der Waals surface area (Å²) in [4.78, 5) is 13.1. The van der Waals surface area contributed by atoms with Crippen molar-refractivity contribution < 1.29 is 4.79 Å². The standard InChI is InChI=1S/C17H17Cl3O/c18-12-6-13(19)16(14(20)7-12)17(21)15-10-2-8-1-9(4-10)5-11(15)3-8/h6-11,15H,1-5H2. The molecule has 0 spiro atoms. The zero-order valence-corrected chi connectivity index (χ0v) is 13.9. The maximum atomic E-state index is 13.1. The van der Waals surface area contributed by atoms with E-state index >= 15 is 0 Å². The van der Waals surface area contributed by atoms with E-state index in [1.54, 1.807) is 12.1 Å². The molecular weight excluding hydrogens is 327 g/mol. The second-order valence-electron chi connectivity index (χ2n) is 7.07. The van der Waals surface area contributed by atoms with Gasteiger partial charge in [0.1, 0.15) is 0 Å². The van der Waals surface area contributed by atoms with E-state index in [4.69, 9.17) is 34.8 Å². The van der Waals surface area contributed by atoms with Gasteiger partial charge in [-0.1, -0.05) is 34.8 Å². The predicted octanol–water partition coefficient (Wildman–Crippen LogP) is 5.90. The fourth-order valence-corrected chi connectivity index (χ4v) is 6.30. The quantitative estimate of drug-likeness (QED) is 0.611. The molecule has 112 valence electrons. The zero-order valence-electron chi connectivity index (χ0n) is 11.6. The Morgan fingerprint density at radius 1 is 0.857 bits per heavy atom. The molecule has 0 saturated heterocycles. The van der Waals surface area contributed by atoms with E-state index in [0.717, 1.165) is 11.8 Å². The van der Waals surface area contributed by atoms with E-state index in [-0.39, 0.29) is 11.7 Å². The second-order valence-corrected chi connectivity index (χ2v) is 8.32. The molecule has 0 atom stereocenters. The van der Waals surface area contributed by atoms with Crippen LogP contribution in [0.25, 0.3) is 0 Å². The minimum Gasteiger partial charge on any atom is -0.294 e. The van der Waals surface area contributed by atoms with Crippen LogP contribution in [0.4, 0.5) is 0 Å². The SMILES string of the molecule is O=C(c1c(Cl)cc(Cl)cc1Cl)C1C2CC3CC(C2)CC1C3. The van der Waals surface area contributed by atoms with Crippen LogP contribution < -0.4 is 0 Å². The van der Waals surface area contributed by atoms with Crippen LogP contribution in [0.5, 0.6) is 0 Å². The maximum Gasteiger partial charge on any atom is 0.169 e. The molecule has 4 fully saturated rings. The molecule has 4 aliphatic rings. The summed E-state index contributed by atoms with van der Waals surface area (Å²) in [7, 11) is 0. The molecule has 0 radical (unpaired) electrons. The van der Waals surface area contributed by atoms with Gasteiger partial charge < -0.3 is 0 Å². The molecule has 21 heavy (non-hydrogen) atoms. The second kappa shape index (κ2) is 5.15. The highest BCUT2D eigenvalue weighted by Gasteiger charge is 2.51. The average Bonchev–Trinajstić information content (AvgIpc) is 2.35. The Kier molecular flexibility index (Phi) is 3.52. The first kappa shape index (κ1) is 14.4. The van der Waals surface area contributed by atoms with Gasteiger partial charge in [-0.3, -0.25) is 4.79 Å². The van der Waals surface area contributed by atoms with Crippen LogP contribution in [-0.2, 0) is 0 Å². The van der Waals surface area contributed by atoms with Gasteiger partial charge in [-0.15, -0.1) is 0 Å². The van der Waals surface area contributed by atoms with E-state index < -0.39 is 0 Å². The Morgan fingerprint density at radius 2 is 1.33 bits per heavy atom. The minimum atomic E-state index is 0.119. The van der Waals surface area contributed by atoms with Gasteiger partial charge >= 0.3 is 0 Å². The van der Waals surface area contributed by atoms with Gasteiger partial charge in [0.2, 0.25) is 0 Å². The lowest BCUT2D eigenvalue weighted by Gasteiger charge is -2.53. The number of hydrogen-bond acceptors (Lipinski definition) is 1. The van der Waals surface area contributed by atoms with Crippen molar-refractivity contribution in [3.8, 4) is 0 Å². The number of hydrogen-bond donors (Lipinski definition) is 0. The summed E-state index contributed by atoms with van der Waals surface area (Å²) in [5.41, 5.74) is 0.486. The largest absolute Gasteiger partial charge is 0.294 e. The number of carbonyl (C=O) groups is 1. The van der Waals surface area contributed by atoms with Crippen LogP contribution in [0, 0.1) is 29.6 Å². The summed E-state index contributed by atoms with van der Waals surface area (Å²) in [6.07, 6.45) is 6.24. The third kappa shape index (κ3) is 2.33. The monoisotopic (exact) mass is 342 g/mol. The van der Waals surface area contributed by atoms with Crippen LogP contribution in [0.15, 0.2) is 12.1 Å². The molecule has 4 aliphatic carbocycles. The van der Waals surface area contributed by atoms with Crippen molar-refractivity contribution in [3.05, 3.63) is 32.8 Å². The van der Waals surface area contributed by atoms with Crippen molar-refractivity contribution >= 4 is 40.6 Å². The van der Waals surface area contributed by atoms with Gasteiger partial charge in [-0.05, 0) is 67.9 Å². The van der Waals surface area contributed by atoms with E-state index in [2.05, 4.69) is 0 Å². The third-order valence-corrected chi connectivity index (χ3v) is 6.60. The van der Waals surface area contributed by atoms with E-state index in [1.807, 2.05) is 0 Å². The molecule has 4 bridgehead atoms. The number of ketones is 1. The molecule has 0 unspecified atom stereocenters. The molecule has 5 rings (SSSR count). The van der Waals surface area contributed by atoms with Crippen LogP contribution >= 0.6 is 34.8 Å². The van der Waals surface area contributed by atoms with Crippen LogP contribution in [0.1, 0.15) is 42.5 Å². The molecule has 0 aliphatic heterocycles. The fraction of sp³-hybridized carbons (Fsp3) is 0.588. The van der Waals surface area contributed by atoms with Crippen LogP contribution in [0.2, 0.25) is 15.1 Å². The minimum absolute atomic E-state index is 0.119. The summed E-state index contributed by atoms with van der Waals surface area (Å²) in [6, 6.07) is 3.25. The molecule has 4 saturated carbocycles. The van der Waals surface area contributed by atoms with Gasteiger partial charge in [-0.2, -0.15) is 0 Å². The summed E-state index contributed by atoms with van der Waals surface area (Å²) in [6.45, 7) is 0. The molecule has 0 N–H and O–H groups in total. The molecule has 1 aromatic rings. The first-order chi connectivity index (χ1) is 10.0. The number of rotatable bonds is 2. The summed E-state index contributed by atoms with van der Waals surface area (Å²) in [5.74, 6) is 3.05. The van der Waals surface area contributed by atoms with Crippen molar-refractivity contribution in [2.24, 2.45) is 29.6 Å². The van der Waals surface area contributed by atoms with Gasteiger partial charge in [-0.25, -0.2) is 0 Å². The van der Waals surface area contributed by atoms with E-state index in [0.29, 0.717) is 32.5 Å². The smallest absolute Gasteiger partial charge is 0.169 e. The first-order valence-corrected chi connectivity index (χ1v) is 8.85. The highest BCUT2D eigenvalue weighted by Crippen LogP contribution is 2.57. The molecule has 0 aromatic heterocycles. The zero-order chi connectivity index (χ0) is 14.7. The molecule has 1 nitrogen and oxygen atoms in total. The lowest BCUT2D eigenvalue weighted by Crippen LogP contribution is -2.48. The Balaban J connectivity index is 1.69. The third-order valence-electron chi connectivity index (χ3n) is 5.78. The number of carbonyl (C=O) groups excluding carboxylic acids is 1. The highest BCUT2D eigenvalue weighted by atomic mass is 35.5. The molecule has 4 heteroatoms. The van der Waals surface area contributed by atoms with E-state index in [9.17, 15) is 4.79 Å². The van der Waals surface area contributed by atoms with Crippen molar-refractivity contribution in [2.45, 2.75) is 32.1 Å². The van der Waals surface area contributed by atoms with Gasteiger partial charge in [0.25, 0.3) is 0 Å². The predicted molar refractivity (Wildman–Crippen MR) is 86.3 cm³/mol. The normalized spacial score (nSPS) is 37.0. The average molecular weight is 344 g/mol. The Bertz CT molecular complexity index is 559. The summed E-state index contributed by atoms with van der Waals surface area (Å²) < 4.78 is 0.